The van der Waals surface area contributed by atoms with Crippen molar-refractivity contribution in [3.63, 3.8) is 0 Å². The fourth-order valence-electron chi connectivity index (χ4n) is 7.85. The van der Waals surface area contributed by atoms with E-state index in [9.17, 15) is 54.7 Å². The second-order valence-corrected chi connectivity index (χ2v) is 12.6. The van der Waals surface area contributed by atoms with Crippen LogP contribution in [-0.2, 0) is 33.5 Å². The Bertz CT molecular complexity index is 1390. The Labute approximate surface area is 266 Å². The van der Waals surface area contributed by atoms with Gasteiger partial charge in [0.15, 0.2) is 23.7 Å². The van der Waals surface area contributed by atoms with Crippen LogP contribution >= 0.6 is 0 Å². The molecular formula is C28H36FN3O15. The quantitative estimate of drug-likeness (QED) is 0.0872. The third-order valence-corrected chi connectivity index (χ3v) is 10.3. The number of halogens is 1. The number of esters is 1. The van der Waals surface area contributed by atoms with Crippen molar-refractivity contribution in [3.8, 4) is 0 Å². The van der Waals surface area contributed by atoms with Crippen LogP contribution in [0.5, 0.6) is 0 Å². The molecular weight excluding hydrogens is 637 g/mol. The van der Waals surface area contributed by atoms with E-state index in [1.807, 2.05) is 5.32 Å². The summed E-state index contributed by atoms with van der Waals surface area (Å²) in [6.07, 6.45) is -2.40. The van der Waals surface area contributed by atoms with Crippen LogP contribution < -0.4 is 5.32 Å². The number of carbonyl (C=O) groups excluding carboxylic acids is 4. The molecule has 0 bridgehead atoms. The number of allylic oxidation sites excluding steroid dienone is 4. The molecule has 2 saturated carbocycles. The lowest BCUT2D eigenvalue weighted by Crippen LogP contribution is -2.69. The molecule has 0 aliphatic heterocycles. The topological polar surface area (TPSA) is 264 Å². The Hall–Kier alpha value is -4.23. The number of Topliss-reactive ketones (excluding diaryl/α,β-unsaturated/α-hetero) is 1. The zero-order chi connectivity index (χ0) is 34.9. The van der Waals surface area contributed by atoms with E-state index in [1.54, 1.807) is 13.0 Å². The summed E-state index contributed by atoms with van der Waals surface area (Å²) in [6, 6.07) is 0. The number of alkyl carbamates (subject to hydrolysis) is 1. The molecule has 4 rings (SSSR count). The van der Waals surface area contributed by atoms with Gasteiger partial charge in [-0.1, -0.05) is 24.6 Å². The molecule has 0 spiro atoms. The summed E-state index contributed by atoms with van der Waals surface area (Å²) in [4.78, 5) is 78.5. The standard InChI is InChI=1S/C28H36FN3O15/c1-25-7-5-16(33)9-15(25)3-4-18-19-10-20(34)28(39,26(19,2)11-21(35)27(18,25)29)22(36)14-45-23(37)12-30-24(38)44-8-6-17(47-32(42)43)13-46-31(40)41/h3,5,7,17-21,34-35,39H,4,6,8-14H2,1-2H3,(H,30,38)/t17?,18-,19-,20+,21-,25-,26-,27-,28-/m0/s1. The van der Waals surface area contributed by atoms with E-state index in [1.165, 1.54) is 19.1 Å². The minimum atomic E-state index is -2.53. The van der Waals surface area contributed by atoms with E-state index >= 15 is 4.39 Å². The molecule has 0 aromatic carbocycles. The second kappa shape index (κ2) is 13.1. The molecule has 19 heteroatoms. The SMILES string of the molecule is C[C@]12C=CC(=O)CC1=CC[C@H]1[C@@H]3C[C@@H](O)[C@](O)(C(=O)COC(=O)CNC(=O)OCCC(CO[N+](=O)[O-])O[N+](=O)[O-])[C@@]3(C)C[C@H](O)[C@@]12F. The van der Waals surface area contributed by atoms with Gasteiger partial charge in [0, 0.05) is 29.6 Å². The molecule has 0 saturated heterocycles. The molecule has 0 aromatic rings. The third-order valence-electron chi connectivity index (χ3n) is 10.3. The van der Waals surface area contributed by atoms with Crippen LogP contribution in [0.1, 0.15) is 46.0 Å². The fraction of sp³-hybridized carbons (Fsp3) is 0.714. The maximum absolute atomic E-state index is 17.2. The molecule has 1 amide bonds. The monoisotopic (exact) mass is 673 g/mol. The Morgan fingerprint density at radius 1 is 1.13 bits per heavy atom. The molecule has 9 atom stereocenters. The molecule has 4 aliphatic carbocycles. The van der Waals surface area contributed by atoms with Crippen molar-refractivity contribution in [1.82, 2.24) is 5.32 Å². The normalized spacial score (nSPS) is 36.0. The number of hydrogen-bond donors (Lipinski definition) is 4. The first-order chi connectivity index (χ1) is 21.9. The number of amides is 1. The molecule has 47 heavy (non-hydrogen) atoms. The molecule has 4 N–H and O–H groups in total. The van der Waals surface area contributed by atoms with E-state index in [2.05, 4.69) is 9.68 Å². The zero-order valence-corrected chi connectivity index (χ0v) is 25.5. The lowest BCUT2D eigenvalue weighted by Gasteiger charge is -2.61. The van der Waals surface area contributed by atoms with Crippen molar-refractivity contribution in [3.05, 3.63) is 44.0 Å². The number of nitrogens with one attached hydrogen (secondary N) is 1. The Kier molecular flexibility index (Phi) is 9.94. The molecule has 18 nitrogen and oxygen atoms in total. The minimum absolute atomic E-state index is 0.00381. The molecule has 1 unspecified atom stereocenters. The first kappa shape index (κ1) is 35.6. The number of fused-ring (bicyclic) bond motifs is 5. The Morgan fingerprint density at radius 3 is 2.49 bits per heavy atom. The highest BCUT2D eigenvalue weighted by Gasteiger charge is 2.76. The molecule has 4 aliphatic rings. The molecule has 0 aromatic heterocycles. The summed E-state index contributed by atoms with van der Waals surface area (Å²) in [5.74, 6) is -4.15. The van der Waals surface area contributed by atoms with Crippen LogP contribution in [0.2, 0.25) is 0 Å². The van der Waals surface area contributed by atoms with Crippen molar-refractivity contribution in [1.29, 1.82) is 0 Å². The maximum Gasteiger partial charge on any atom is 0.407 e. The summed E-state index contributed by atoms with van der Waals surface area (Å²) < 4.78 is 26.8. The van der Waals surface area contributed by atoms with E-state index < -0.39 is 113 Å². The van der Waals surface area contributed by atoms with E-state index in [-0.39, 0.29) is 31.5 Å². The van der Waals surface area contributed by atoms with Gasteiger partial charge in [-0.05, 0) is 38.2 Å². The summed E-state index contributed by atoms with van der Waals surface area (Å²) in [6.45, 7) is -0.119. The Balaban J connectivity index is 1.33. The van der Waals surface area contributed by atoms with Crippen LogP contribution in [0.3, 0.4) is 0 Å². The predicted octanol–water partition coefficient (Wildman–Crippen LogP) is 0.0729. The van der Waals surface area contributed by atoms with E-state index in [4.69, 9.17) is 9.47 Å². The molecule has 2 fully saturated rings. The summed E-state index contributed by atoms with van der Waals surface area (Å²) >= 11 is 0. The van der Waals surface area contributed by atoms with Crippen LogP contribution in [0, 0.1) is 42.9 Å². The lowest BCUT2D eigenvalue weighted by atomic mass is 9.45. The number of carbonyl (C=O) groups is 4. The highest BCUT2D eigenvalue weighted by Crippen LogP contribution is 2.69. The first-order valence-corrected chi connectivity index (χ1v) is 14.8. The minimum Gasteiger partial charge on any atom is -0.456 e. The Morgan fingerprint density at radius 2 is 1.83 bits per heavy atom. The predicted molar refractivity (Wildman–Crippen MR) is 149 cm³/mol. The number of rotatable bonds is 13. The van der Waals surface area contributed by atoms with Crippen molar-refractivity contribution >= 4 is 23.6 Å². The third kappa shape index (κ3) is 6.26. The number of alkyl halides is 1. The van der Waals surface area contributed by atoms with E-state index in [0.717, 1.165) is 0 Å². The van der Waals surface area contributed by atoms with Crippen LogP contribution in [-0.4, -0.2) is 105 Å². The second-order valence-electron chi connectivity index (χ2n) is 12.6. The van der Waals surface area contributed by atoms with Crippen molar-refractivity contribution < 1.29 is 68.2 Å². The van der Waals surface area contributed by atoms with Gasteiger partial charge in [-0.2, -0.15) is 0 Å². The average Bonchev–Trinajstić information content (AvgIpc) is 3.19. The van der Waals surface area contributed by atoms with Crippen molar-refractivity contribution in [2.45, 2.75) is 75.5 Å². The highest BCUT2D eigenvalue weighted by molar-refractivity contribution is 5.94. The maximum atomic E-state index is 17.2. The zero-order valence-electron chi connectivity index (χ0n) is 25.5. The van der Waals surface area contributed by atoms with Gasteiger partial charge in [-0.3, -0.25) is 14.4 Å². The summed E-state index contributed by atoms with van der Waals surface area (Å²) in [7, 11) is 0. The number of ether oxygens (including phenoxy) is 2. The number of hydrogen-bond acceptors (Lipinski definition) is 15. The number of nitrogens with zero attached hydrogens (tertiary/aromatic N) is 2. The lowest BCUT2D eigenvalue weighted by molar-refractivity contribution is -0.790. The smallest absolute Gasteiger partial charge is 0.407 e. The van der Waals surface area contributed by atoms with Gasteiger partial charge in [0.25, 0.3) is 10.2 Å². The van der Waals surface area contributed by atoms with Gasteiger partial charge < -0.3 is 39.8 Å². The van der Waals surface area contributed by atoms with Crippen LogP contribution in [0.25, 0.3) is 0 Å². The molecule has 0 heterocycles. The molecule has 0 radical (unpaired) electrons. The average molecular weight is 674 g/mol. The molecule has 260 valence electrons. The first-order valence-electron chi connectivity index (χ1n) is 14.8. The van der Waals surface area contributed by atoms with Crippen LogP contribution in [0.4, 0.5) is 9.18 Å². The summed E-state index contributed by atoms with van der Waals surface area (Å²) in [5.41, 5.74) is -7.11. The van der Waals surface area contributed by atoms with Crippen LogP contribution in [0.15, 0.2) is 23.8 Å². The number of aliphatic hydroxyl groups excluding tert-OH is 2. The van der Waals surface area contributed by atoms with Gasteiger partial charge in [-0.15, -0.1) is 20.2 Å². The number of ketones is 2. The fourth-order valence-corrected chi connectivity index (χ4v) is 7.85. The van der Waals surface area contributed by atoms with Gasteiger partial charge in [0.05, 0.1) is 18.8 Å². The van der Waals surface area contributed by atoms with Gasteiger partial charge in [-0.25, -0.2) is 9.18 Å². The van der Waals surface area contributed by atoms with Gasteiger partial charge in [0.2, 0.25) is 5.78 Å². The van der Waals surface area contributed by atoms with E-state index in [0.29, 0.717) is 5.57 Å². The summed E-state index contributed by atoms with van der Waals surface area (Å²) in [5, 5.41) is 54.4. The number of aliphatic hydroxyl groups is 3. The van der Waals surface area contributed by atoms with Crippen molar-refractivity contribution in [2.24, 2.45) is 22.7 Å². The highest BCUT2D eigenvalue weighted by atomic mass is 19.1. The van der Waals surface area contributed by atoms with Gasteiger partial charge >= 0.3 is 12.1 Å². The largest absolute Gasteiger partial charge is 0.456 e. The van der Waals surface area contributed by atoms with Gasteiger partial charge in [0.1, 0.15) is 19.3 Å². The van der Waals surface area contributed by atoms with Crippen molar-refractivity contribution in [2.75, 3.05) is 26.4 Å².